The van der Waals surface area contributed by atoms with Crippen molar-refractivity contribution in [3.05, 3.63) is 28.0 Å². The molecule has 108 valence electrons. The Morgan fingerprint density at radius 1 is 1.50 bits per heavy atom. The fourth-order valence-corrected chi connectivity index (χ4v) is 1.68. The fraction of sp³-hybridized carbons (Fsp3) is 0.455. The van der Waals surface area contributed by atoms with Crippen molar-refractivity contribution in [3.8, 4) is 0 Å². The van der Waals surface area contributed by atoms with E-state index in [4.69, 9.17) is 9.15 Å². The highest BCUT2D eigenvalue weighted by atomic mass is 16.6. The van der Waals surface area contributed by atoms with E-state index in [1.807, 2.05) is 4.90 Å². The van der Waals surface area contributed by atoms with Gasteiger partial charge in [0.1, 0.15) is 4.92 Å². The molecule has 1 N–H and O–H groups in total. The molecule has 1 saturated heterocycles. The van der Waals surface area contributed by atoms with E-state index in [1.54, 1.807) is 0 Å². The molecule has 9 heteroatoms. The largest absolute Gasteiger partial charge is 0.433 e. The highest BCUT2D eigenvalue weighted by Crippen LogP contribution is 2.13. The first-order valence-corrected chi connectivity index (χ1v) is 6.01. The molecule has 0 atom stereocenters. The second-order valence-corrected chi connectivity index (χ2v) is 4.11. The number of ether oxygens (including phenoxy) is 1. The van der Waals surface area contributed by atoms with E-state index in [2.05, 4.69) is 10.5 Å². The summed E-state index contributed by atoms with van der Waals surface area (Å²) >= 11 is 0. The predicted molar refractivity (Wildman–Crippen MR) is 68.4 cm³/mol. The van der Waals surface area contributed by atoms with E-state index in [9.17, 15) is 14.9 Å². The van der Waals surface area contributed by atoms with Gasteiger partial charge in [-0.1, -0.05) is 0 Å². The van der Waals surface area contributed by atoms with E-state index >= 15 is 0 Å². The summed E-state index contributed by atoms with van der Waals surface area (Å²) in [5.74, 6) is -0.432. The molecule has 0 aromatic carbocycles. The molecule has 0 unspecified atom stereocenters. The van der Waals surface area contributed by atoms with Crippen LogP contribution in [-0.2, 0) is 9.53 Å². The third-order valence-electron chi connectivity index (χ3n) is 2.64. The predicted octanol–water partition coefficient (Wildman–Crippen LogP) is -0.0299. The van der Waals surface area contributed by atoms with Gasteiger partial charge in [-0.2, -0.15) is 5.10 Å². The minimum Gasteiger partial charge on any atom is -0.400 e. The highest BCUT2D eigenvalue weighted by Gasteiger charge is 2.13. The molecule has 2 rings (SSSR count). The van der Waals surface area contributed by atoms with Gasteiger partial charge in [0, 0.05) is 13.1 Å². The summed E-state index contributed by atoms with van der Waals surface area (Å²) in [4.78, 5) is 23.3. The van der Waals surface area contributed by atoms with Crippen LogP contribution in [0.2, 0.25) is 0 Å². The number of hydrogen-bond acceptors (Lipinski definition) is 7. The summed E-state index contributed by atoms with van der Waals surface area (Å²) in [5, 5.41) is 14.1. The molecule has 0 aliphatic carbocycles. The Labute approximate surface area is 114 Å². The Hall–Kier alpha value is -2.26. The van der Waals surface area contributed by atoms with Gasteiger partial charge in [0.05, 0.1) is 32.0 Å². The van der Waals surface area contributed by atoms with E-state index in [1.165, 1.54) is 18.3 Å². The minimum absolute atomic E-state index is 0.198. The number of carbonyl (C=O) groups excluding carboxylic acids is 1. The van der Waals surface area contributed by atoms with Crippen molar-refractivity contribution in [2.45, 2.75) is 0 Å². The van der Waals surface area contributed by atoms with Crippen molar-refractivity contribution in [2.24, 2.45) is 5.10 Å². The molecule has 1 fully saturated rings. The molecule has 0 saturated carbocycles. The fourth-order valence-electron chi connectivity index (χ4n) is 1.68. The molecule has 2 heterocycles. The molecule has 0 radical (unpaired) electrons. The van der Waals surface area contributed by atoms with Gasteiger partial charge in [-0.15, -0.1) is 0 Å². The summed E-state index contributed by atoms with van der Waals surface area (Å²) in [6, 6.07) is 2.62. The topological polar surface area (TPSA) is 110 Å². The molecule has 9 nitrogen and oxygen atoms in total. The number of carbonyl (C=O) groups is 1. The number of furan rings is 1. The molecule has 1 aromatic rings. The molecular formula is C11H14N4O5. The quantitative estimate of drug-likeness (QED) is 0.461. The van der Waals surface area contributed by atoms with Crippen LogP contribution in [0.1, 0.15) is 5.76 Å². The van der Waals surface area contributed by atoms with Gasteiger partial charge in [-0.3, -0.25) is 19.8 Å². The number of morpholine rings is 1. The van der Waals surface area contributed by atoms with Crippen LogP contribution in [0, 0.1) is 10.1 Å². The van der Waals surface area contributed by atoms with Gasteiger partial charge in [-0.05, 0) is 6.07 Å². The number of hydrogen-bond donors (Lipinski definition) is 1. The summed E-state index contributed by atoms with van der Waals surface area (Å²) in [5.41, 5.74) is 2.34. The van der Waals surface area contributed by atoms with Gasteiger partial charge in [0.15, 0.2) is 5.76 Å². The second kappa shape index (κ2) is 6.78. The van der Waals surface area contributed by atoms with Crippen LogP contribution >= 0.6 is 0 Å². The zero-order valence-electron chi connectivity index (χ0n) is 10.7. The van der Waals surface area contributed by atoms with Crippen molar-refractivity contribution >= 4 is 18.0 Å². The lowest BCUT2D eigenvalue weighted by Gasteiger charge is -2.25. The number of nitrogens with one attached hydrogen (secondary N) is 1. The first-order chi connectivity index (χ1) is 9.65. The average Bonchev–Trinajstić information content (AvgIpc) is 2.89. The Balaban J connectivity index is 1.76. The van der Waals surface area contributed by atoms with Crippen molar-refractivity contribution in [1.82, 2.24) is 10.3 Å². The third kappa shape index (κ3) is 4.14. The normalized spacial score (nSPS) is 16.4. The molecule has 1 amide bonds. The van der Waals surface area contributed by atoms with E-state index in [-0.39, 0.29) is 24.1 Å². The van der Waals surface area contributed by atoms with Crippen LogP contribution in [0.15, 0.2) is 21.7 Å². The first kappa shape index (κ1) is 14.2. The average molecular weight is 282 g/mol. The highest BCUT2D eigenvalue weighted by molar-refractivity contribution is 5.81. The van der Waals surface area contributed by atoms with Crippen LogP contribution in [0.5, 0.6) is 0 Å². The van der Waals surface area contributed by atoms with Crippen LogP contribution in [-0.4, -0.2) is 54.8 Å². The second-order valence-electron chi connectivity index (χ2n) is 4.11. The van der Waals surface area contributed by atoms with Crippen molar-refractivity contribution in [3.63, 3.8) is 0 Å². The zero-order valence-corrected chi connectivity index (χ0v) is 10.7. The molecular weight excluding hydrogens is 268 g/mol. The van der Waals surface area contributed by atoms with Crippen LogP contribution < -0.4 is 5.43 Å². The van der Waals surface area contributed by atoms with Crippen LogP contribution in [0.25, 0.3) is 0 Å². The SMILES string of the molecule is O=C(CN1CCOCC1)N/N=C/c1ccc([N+](=O)[O-])o1. The molecule has 1 aromatic heterocycles. The van der Waals surface area contributed by atoms with Gasteiger partial charge < -0.3 is 9.15 Å². The van der Waals surface area contributed by atoms with Crippen LogP contribution in [0.3, 0.4) is 0 Å². The maximum Gasteiger partial charge on any atom is 0.433 e. The molecule has 0 spiro atoms. The van der Waals surface area contributed by atoms with E-state index < -0.39 is 4.92 Å². The van der Waals surface area contributed by atoms with Crippen molar-refractivity contribution in [2.75, 3.05) is 32.8 Å². The van der Waals surface area contributed by atoms with Crippen molar-refractivity contribution in [1.29, 1.82) is 0 Å². The monoisotopic (exact) mass is 282 g/mol. The van der Waals surface area contributed by atoms with Gasteiger partial charge in [-0.25, -0.2) is 5.43 Å². The summed E-state index contributed by atoms with van der Waals surface area (Å²) in [7, 11) is 0. The van der Waals surface area contributed by atoms with Gasteiger partial charge in [0.2, 0.25) is 0 Å². The van der Waals surface area contributed by atoms with Crippen molar-refractivity contribution < 1.29 is 18.9 Å². The zero-order chi connectivity index (χ0) is 14.4. The molecule has 20 heavy (non-hydrogen) atoms. The smallest absolute Gasteiger partial charge is 0.400 e. The lowest BCUT2D eigenvalue weighted by Crippen LogP contribution is -2.42. The molecule has 1 aliphatic rings. The summed E-state index contributed by atoms with van der Waals surface area (Å²) < 4.78 is 10.0. The standard InChI is InChI=1S/C11H14N4O5/c16-10(8-14-3-5-19-6-4-14)13-12-7-9-1-2-11(20-9)15(17)18/h1-2,7H,3-6,8H2,(H,13,16)/b12-7+. The maximum absolute atomic E-state index is 11.6. The summed E-state index contributed by atoms with van der Waals surface area (Å²) in [6.45, 7) is 2.89. The lowest BCUT2D eigenvalue weighted by atomic mass is 10.4. The molecule has 0 bridgehead atoms. The Bertz CT molecular complexity index is 507. The Kier molecular flexibility index (Phi) is 4.80. The number of amides is 1. The summed E-state index contributed by atoms with van der Waals surface area (Å²) in [6.07, 6.45) is 1.21. The lowest BCUT2D eigenvalue weighted by molar-refractivity contribution is -0.402. The molecule has 1 aliphatic heterocycles. The van der Waals surface area contributed by atoms with E-state index in [0.29, 0.717) is 26.3 Å². The third-order valence-corrected chi connectivity index (χ3v) is 2.64. The number of nitrogens with zero attached hydrogens (tertiary/aromatic N) is 3. The number of hydrazone groups is 1. The Morgan fingerprint density at radius 3 is 2.90 bits per heavy atom. The van der Waals surface area contributed by atoms with Gasteiger partial charge >= 0.3 is 5.88 Å². The van der Waals surface area contributed by atoms with E-state index in [0.717, 1.165) is 0 Å². The Morgan fingerprint density at radius 2 is 2.25 bits per heavy atom. The number of nitro groups is 1. The van der Waals surface area contributed by atoms with Crippen LogP contribution in [0.4, 0.5) is 5.88 Å². The number of rotatable bonds is 5. The van der Waals surface area contributed by atoms with Gasteiger partial charge in [0.25, 0.3) is 5.91 Å². The maximum atomic E-state index is 11.6. The minimum atomic E-state index is -0.644. The first-order valence-electron chi connectivity index (χ1n) is 6.01.